The van der Waals surface area contributed by atoms with E-state index in [2.05, 4.69) is 0 Å². The molecule has 4 nitrogen and oxygen atoms in total. The van der Waals surface area contributed by atoms with Crippen LogP contribution in [0, 0.1) is 0 Å². The molecule has 4 rings (SSSR count). The van der Waals surface area contributed by atoms with E-state index in [0.29, 0.717) is 0 Å². The summed E-state index contributed by atoms with van der Waals surface area (Å²) in [5, 5.41) is 0. The lowest BCUT2D eigenvalue weighted by molar-refractivity contribution is -0.124. The summed E-state index contributed by atoms with van der Waals surface area (Å²) < 4.78 is 5.11. The zero-order chi connectivity index (χ0) is 19.3. The van der Waals surface area contributed by atoms with E-state index in [4.69, 9.17) is 4.74 Å². The van der Waals surface area contributed by atoms with Gasteiger partial charge in [0.2, 0.25) is 0 Å². The van der Waals surface area contributed by atoms with E-state index in [1.807, 2.05) is 84.9 Å². The molecule has 2 amide bonds. The molecule has 1 fully saturated rings. The first-order valence-corrected chi connectivity index (χ1v) is 9.11. The maximum Gasteiger partial charge on any atom is 0.417 e. The van der Waals surface area contributed by atoms with Gasteiger partial charge in [-0.2, -0.15) is 0 Å². The van der Waals surface area contributed by atoms with Gasteiger partial charge < -0.3 is 4.74 Å². The van der Waals surface area contributed by atoms with Gasteiger partial charge in [-0.3, -0.25) is 4.79 Å². The van der Waals surface area contributed by atoms with Gasteiger partial charge in [0, 0.05) is 6.08 Å². The fraction of sp³-hybridized carbons (Fsp3) is 0.0833. The quantitative estimate of drug-likeness (QED) is 0.602. The first-order chi connectivity index (χ1) is 13.7. The maximum absolute atomic E-state index is 12.7. The van der Waals surface area contributed by atoms with Gasteiger partial charge in [-0.25, -0.2) is 9.69 Å². The highest BCUT2D eigenvalue weighted by Crippen LogP contribution is 2.28. The van der Waals surface area contributed by atoms with E-state index in [1.54, 1.807) is 6.08 Å². The van der Waals surface area contributed by atoms with Crippen LogP contribution in [0.5, 0.6) is 0 Å². The smallest absolute Gasteiger partial charge is 0.417 e. The van der Waals surface area contributed by atoms with Gasteiger partial charge in [0.25, 0.3) is 5.91 Å². The molecule has 0 aromatic heterocycles. The van der Waals surface area contributed by atoms with Gasteiger partial charge >= 0.3 is 6.09 Å². The second-order valence-corrected chi connectivity index (χ2v) is 6.54. The number of hydrogen-bond acceptors (Lipinski definition) is 3. The molecular formula is C24H19NO3. The van der Waals surface area contributed by atoms with Crippen LogP contribution in [0.1, 0.15) is 17.2 Å². The van der Waals surface area contributed by atoms with Crippen LogP contribution in [0.25, 0.3) is 17.2 Å². The molecule has 0 saturated carbocycles. The number of benzene rings is 3. The topological polar surface area (TPSA) is 46.6 Å². The van der Waals surface area contributed by atoms with Crippen molar-refractivity contribution in [2.45, 2.75) is 6.04 Å². The van der Waals surface area contributed by atoms with E-state index >= 15 is 0 Å². The molecule has 1 atom stereocenters. The number of amides is 2. The predicted molar refractivity (Wildman–Crippen MR) is 108 cm³/mol. The molecule has 138 valence electrons. The van der Waals surface area contributed by atoms with Gasteiger partial charge in [-0.15, -0.1) is 0 Å². The van der Waals surface area contributed by atoms with Crippen LogP contribution in [0.3, 0.4) is 0 Å². The number of cyclic esters (lactones) is 1. The zero-order valence-corrected chi connectivity index (χ0v) is 15.2. The highest BCUT2D eigenvalue weighted by Gasteiger charge is 2.37. The molecule has 0 bridgehead atoms. The summed E-state index contributed by atoms with van der Waals surface area (Å²) >= 11 is 0. The first-order valence-electron chi connectivity index (χ1n) is 9.11. The number of carbonyl (C=O) groups is 2. The van der Waals surface area contributed by atoms with Crippen molar-refractivity contribution in [2.24, 2.45) is 0 Å². The van der Waals surface area contributed by atoms with E-state index < -0.39 is 12.1 Å². The van der Waals surface area contributed by atoms with Crippen LogP contribution in [0.15, 0.2) is 91.0 Å². The summed E-state index contributed by atoms with van der Waals surface area (Å²) in [6, 6.07) is 27.0. The normalized spacial score (nSPS) is 16.4. The lowest BCUT2D eigenvalue weighted by Crippen LogP contribution is -2.32. The largest absolute Gasteiger partial charge is 0.446 e. The molecule has 1 saturated heterocycles. The molecule has 0 spiro atoms. The van der Waals surface area contributed by atoms with E-state index in [1.165, 1.54) is 11.0 Å². The molecule has 3 aromatic carbocycles. The summed E-state index contributed by atoms with van der Waals surface area (Å²) in [6.45, 7) is 0.173. The Balaban J connectivity index is 1.54. The van der Waals surface area contributed by atoms with Crippen molar-refractivity contribution >= 4 is 18.1 Å². The molecule has 0 N–H and O–H groups in total. The minimum absolute atomic E-state index is 0.173. The van der Waals surface area contributed by atoms with Crippen LogP contribution in [-0.4, -0.2) is 23.5 Å². The van der Waals surface area contributed by atoms with Crippen molar-refractivity contribution in [3.05, 3.63) is 102 Å². The molecule has 4 heteroatoms. The van der Waals surface area contributed by atoms with Gasteiger partial charge in [-0.05, 0) is 34.4 Å². The van der Waals surface area contributed by atoms with E-state index in [9.17, 15) is 9.59 Å². The number of rotatable bonds is 4. The van der Waals surface area contributed by atoms with Crippen molar-refractivity contribution in [1.82, 2.24) is 4.90 Å². The molecule has 1 unspecified atom stereocenters. The van der Waals surface area contributed by atoms with Crippen LogP contribution in [-0.2, 0) is 9.53 Å². The lowest BCUT2D eigenvalue weighted by atomic mass is 10.0. The molecule has 0 aliphatic carbocycles. The zero-order valence-electron chi connectivity index (χ0n) is 15.2. The second-order valence-electron chi connectivity index (χ2n) is 6.54. The fourth-order valence-electron chi connectivity index (χ4n) is 3.29. The summed E-state index contributed by atoms with van der Waals surface area (Å²) in [5.41, 5.74) is 3.94. The number of ether oxygens (including phenoxy) is 1. The van der Waals surface area contributed by atoms with Crippen molar-refractivity contribution in [3.8, 4) is 11.1 Å². The summed E-state index contributed by atoms with van der Waals surface area (Å²) in [5.74, 6) is -0.388. The molecule has 3 aromatic rings. The SMILES string of the molecule is O=C(/C=C/c1cccc(-c2ccccc2)c1)N1C(=O)OCC1c1ccccc1. The van der Waals surface area contributed by atoms with Gasteiger partial charge in [0.05, 0.1) is 0 Å². The first kappa shape index (κ1) is 17.7. The lowest BCUT2D eigenvalue weighted by Gasteiger charge is -2.18. The Hall–Kier alpha value is -3.66. The Morgan fingerprint density at radius 2 is 1.57 bits per heavy atom. The highest BCUT2D eigenvalue weighted by atomic mass is 16.6. The predicted octanol–water partition coefficient (Wildman–Crippen LogP) is 5.09. The van der Waals surface area contributed by atoms with Gasteiger partial charge in [-0.1, -0.05) is 78.9 Å². The highest BCUT2D eigenvalue weighted by molar-refractivity contribution is 6.02. The Morgan fingerprint density at radius 1 is 0.893 bits per heavy atom. The summed E-state index contributed by atoms with van der Waals surface area (Å²) in [4.78, 5) is 26.0. The Labute approximate surface area is 163 Å². The number of imide groups is 1. The number of nitrogens with zero attached hydrogens (tertiary/aromatic N) is 1. The average Bonchev–Trinajstić information content (AvgIpc) is 3.15. The standard InChI is InChI=1S/C24H19NO3/c26-23(25-22(17-28-24(25)27)20-11-5-2-6-12-20)15-14-18-8-7-13-21(16-18)19-9-3-1-4-10-19/h1-16,22H,17H2/b15-14+. The molecular weight excluding hydrogens is 350 g/mol. The molecule has 28 heavy (non-hydrogen) atoms. The van der Waals surface area contributed by atoms with Crippen LogP contribution in [0.2, 0.25) is 0 Å². The second kappa shape index (κ2) is 7.92. The molecule has 0 radical (unpaired) electrons. The maximum atomic E-state index is 12.7. The monoisotopic (exact) mass is 369 g/mol. The van der Waals surface area contributed by atoms with E-state index in [-0.39, 0.29) is 12.5 Å². The number of hydrogen-bond donors (Lipinski definition) is 0. The van der Waals surface area contributed by atoms with E-state index in [0.717, 1.165) is 22.3 Å². The summed E-state index contributed by atoms with van der Waals surface area (Å²) in [6.07, 6.45) is 2.54. The Bertz CT molecular complexity index is 1010. The molecule has 1 heterocycles. The Kier molecular flexibility index (Phi) is 5.02. The van der Waals surface area contributed by atoms with Crippen molar-refractivity contribution in [2.75, 3.05) is 6.61 Å². The third-order valence-electron chi connectivity index (χ3n) is 4.71. The molecule has 1 aliphatic rings. The fourth-order valence-corrected chi connectivity index (χ4v) is 3.29. The third kappa shape index (κ3) is 3.71. The van der Waals surface area contributed by atoms with Crippen LogP contribution < -0.4 is 0 Å². The minimum Gasteiger partial charge on any atom is -0.446 e. The van der Waals surface area contributed by atoms with Crippen LogP contribution in [0.4, 0.5) is 4.79 Å². The van der Waals surface area contributed by atoms with Gasteiger partial charge in [0.15, 0.2) is 0 Å². The van der Waals surface area contributed by atoms with Crippen LogP contribution >= 0.6 is 0 Å². The van der Waals surface area contributed by atoms with Crippen molar-refractivity contribution < 1.29 is 14.3 Å². The van der Waals surface area contributed by atoms with Crippen molar-refractivity contribution in [1.29, 1.82) is 0 Å². The third-order valence-corrected chi connectivity index (χ3v) is 4.71. The summed E-state index contributed by atoms with van der Waals surface area (Å²) in [7, 11) is 0. The number of carbonyl (C=O) groups excluding carboxylic acids is 2. The Morgan fingerprint density at radius 3 is 2.32 bits per heavy atom. The average molecular weight is 369 g/mol. The van der Waals surface area contributed by atoms with Crippen molar-refractivity contribution in [3.63, 3.8) is 0 Å². The van der Waals surface area contributed by atoms with Gasteiger partial charge in [0.1, 0.15) is 12.6 Å². The minimum atomic E-state index is -0.610. The molecule has 1 aliphatic heterocycles.